The number of halogens is 3. The fourth-order valence-electron chi connectivity index (χ4n) is 2.86. The minimum absolute atomic E-state index is 0.0112. The molecular weight excluding hydrogens is 433 g/mol. The van der Waals surface area contributed by atoms with Crippen LogP contribution in [0, 0.1) is 5.92 Å². The third-order valence-corrected chi connectivity index (χ3v) is 5.90. The number of carbonyl (C=O) groups excluding carboxylic acids is 1. The van der Waals surface area contributed by atoms with Crippen molar-refractivity contribution in [2.75, 3.05) is 7.11 Å². The van der Waals surface area contributed by atoms with E-state index in [1.54, 1.807) is 0 Å². The van der Waals surface area contributed by atoms with Gasteiger partial charge in [0, 0.05) is 6.54 Å². The van der Waals surface area contributed by atoms with Gasteiger partial charge in [-0.05, 0) is 54.3 Å². The number of nitrogens with one attached hydrogen (secondary N) is 2. The summed E-state index contributed by atoms with van der Waals surface area (Å²) < 4.78 is 71.4. The lowest BCUT2D eigenvalue weighted by Crippen LogP contribution is -2.47. The van der Waals surface area contributed by atoms with E-state index in [-0.39, 0.29) is 29.3 Å². The molecule has 0 spiro atoms. The Morgan fingerprint density at radius 2 is 1.74 bits per heavy atom. The molecule has 31 heavy (non-hydrogen) atoms. The van der Waals surface area contributed by atoms with E-state index in [9.17, 15) is 26.4 Å². The highest BCUT2D eigenvalue weighted by atomic mass is 32.2. The summed E-state index contributed by atoms with van der Waals surface area (Å²) in [4.78, 5) is 12.6. The topological polar surface area (TPSA) is 84.5 Å². The lowest BCUT2D eigenvalue weighted by atomic mass is 10.0. The summed E-state index contributed by atoms with van der Waals surface area (Å²) in [6.45, 7) is 3.49. The zero-order valence-corrected chi connectivity index (χ0v) is 18.2. The predicted octanol–water partition coefficient (Wildman–Crippen LogP) is 3.72. The van der Waals surface area contributed by atoms with Crippen molar-refractivity contribution in [1.29, 1.82) is 0 Å². The molecule has 10 heteroatoms. The highest BCUT2D eigenvalue weighted by Crippen LogP contribution is 2.29. The highest BCUT2D eigenvalue weighted by Gasteiger charge is 2.30. The summed E-state index contributed by atoms with van der Waals surface area (Å²) in [5, 5.41) is 2.52. The molecule has 2 aromatic carbocycles. The van der Waals surface area contributed by atoms with Gasteiger partial charge < -0.3 is 10.1 Å². The molecule has 0 saturated carbocycles. The van der Waals surface area contributed by atoms with Crippen molar-refractivity contribution in [3.8, 4) is 5.75 Å². The van der Waals surface area contributed by atoms with E-state index in [4.69, 9.17) is 4.74 Å². The van der Waals surface area contributed by atoms with Gasteiger partial charge in [-0.15, -0.1) is 0 Å². The number of sulfonamides is 1. The van der Waals surface area contributed by atoms with Crippen LogP contribution in [0.15, 0.2) is 53.4 Å². The number of benzene rings is 2. The maximum atomic E-state index is 12.9. The molecule has 0 radical (unpaired) electrons. The van der Waals surface area contributed by atoms with Crippen LogP contribution in [0.1, 0.15) is 31.4 Å². The van der Waals surface area contributed by atoms with Crippen molar-refractivity contribution in [3.63, 3.8) is 0 Å². The second-order valence-electron chi connectivity index (χ2n) is 7.39. The van der Waals surface area contributed by atoms with Gasteiger partial charge >= 0.3 is 6.18 Å². The Morgan fingerprint density at radius 3 is 2.29 bits per heavy atom. The third-order valence-electron chi connectivity index (χ3n) is 4.41. The Labute approximate surface area is 179 Å². The van der Waals surface area contributed by atoms with Gasteiger partial charge in [-0.2, -0.15) is 17.9 Å². The van der Waals surface area contributed by atoms with E-state index in [2.05, 4.69) is 10.0 Å². The molecule has 1 amide bonds. The Bertz CT molecular complexity index is 990. The van der Waals surface area contributed by atoms with Crippen molar-refractivity contribution in [2.45, 2.75) is 43.9 Å². The summed E-state index contributed by atoms with van der Waals surface area (Å²) in [5.74, 6) is -0.150. The van der Waals surface area contributed by atoms with Crippen LogP contribution < -0.4 is 14.8 Å². The fourth-order valence-corrected chi connectivity index (χ4v) is 4.07. The second-order valence-corrected chi connectivity index (χ2v) is 9.11. The Hall–Kier alpha value is -2.59. The van der Waals surface area contributed by atoms with Crippen LogP contribution >= 0.6 is 0 Å². The molecule has 0 heterocycles. The van der Waals surface area contributed by atoms with Crippen molar-refractivity contribution >= 4 is 15.9 Å². The Kier molecular flexibility index (Phi) is 8.08. The summed E-state index contributed by atoms with van der Waals surface area (Å²) in [6, 6.07) is 9.19. The first-order valence-electron chi connectivity index (χ1n) is 9.52. The predicted molar refractivity (Wildman–Crippen MR) is 110 cm³/mol. The van der Waals surface area contributed by atoms with E-state index in [1.165, 1.54) is 43.5 Å². The smallest absolute Gasteiger partial charge is 0.416 e. The Morgan fingerprint density at radius 1 is 1.10 bits per heavy atom. The number of alkyl halides is 3. The largest absolute Gasteiger partial charge is 0.497 e. The molecule has 0 saturated heterocycles. The number of rotatable bonds is 9. The molecule has 0 aliphatic heterocycles. The van der Waals surface area contributed by atoms with Crippen molar-refractivity contribution in [2.24, 2.45) is 5.92 Å². The first-order chi connectivity index (χ1) is 14.4. The van der Waals surface area contributed by atoms with Crippen LogP contribution in [0.5, 0.6) is 5.75 Å². The van der Waals surface area contributed by atoms with E-state index < -0.39 is 33.7 Å². The van der Waals surface area contributed by atoms with E-state index in [1.807, 2.05) is 13.8 Å². The SMILES string of the molecule is COc1ccc(S(=O)(=O)NC(CC(C)C)C(=O)NCc2cccc(C(F)(F)F)c2)cc1. The minimum atomic E-state index is -4.49. The van der Waals surface area contributed by atoms with E-state index in [0.29, 0.717) is 5.75 Å². The summed E-state index contributed by atoms with van der Waals surface area (Å²) in [7, 11) is -2.55. The summed E-state index contributed by atoms with van der Waals surface area (Å²) in [5.41, 5.74) is -0.567. The van der Waals surface area contributed by atoms with E-state index in [0.717, 1.165) is 12.1 Å². The molecule has 0 aliphatic carbocycles. The lowest BCUT2D eigenvalue weighted by molar-refractivity contribution is -0.137. The van der Waals surface area contributed by atoms with Crippen LogP contribution in [-0.4, -0.2) is 27.5 Å². The molecule has 0 fully saturated rings. The number of carbonyl (C=O) groups is 1. The Balaban J connectivity index is 2.13. The molecule has 0 aliphatic rings. The first-order valence-corrected chi connectivity index (χ1v) is 11.0. The van der Waals surface area contributed by atoms with Gasteiger partial charge in [0.05, 0.1) is 17.6 Å². The monoisotopic (exact) mass is 458 g/mol. The van der Waals surface area contributed by atoms with Crippen LogP contribution in [0.4, 0.5) is 13.2 Å². The van der Waals surface area contributed by atoms with Crippen LogP contribution in [-0.2, 0) is 27.5 Å². The molecule has 0 aromatic heterocycles. The van der Waals surface area contributed by atoms with Crippen LogP contribution in [0.3, 0.4) is 0 Å². The molecule has 170 valence electrons. The van der Waals surface area contributed by atoms with Gasteiger partial charge in [0.15, 0.2) is 0 Å². The first kappa shape index (κ1) is 24.7. The average molecular weight is 459 g/mol. The van der Waals surface area contributed by atoms with Gasteiger partial charge in [-0.1, -0.05) is 26.0 Å². The molecule has 1 unspecified atom stereocenters. The maximum absolute atomic E-state index is 12.9. The molecule has 2 aromatic rings. The average Bonchev–Trinajstić information content (AvgIpc) is 2.70. The lowest BCUT2D eigenvalue weighted by Gasteiger charge is -2.20. The quantitative estimate of drug-likeness (QED) is 0.600. The van der Waals surface area contributed by atoms with Gasteiger partial charge in [0.2, 0.25) is 15.9 Å². The van der Waals surface area contributed by atoms with Crippen molar-refractivity contribution < 1.29 is 31.1 Å². The second kappa shape index (κ2) is 10.1. The fraction of sp³-hybridized carbons (Fsp3) is 0.381. The van der Waals surface area contributed by atoms with Gasteiger partial charge in [-0.25, -0.2) is 8.42 Å². The number of hydrogen-bond acceptors (Lipinski definition) is 4. The van der Waals surface area contributed by atoms with Gasteiger partial charge in [0.1, 0.15) is 11.8 Å². The molecule has 6 nitrogen and oxygen atoms in total. The molecule has 0 bridgehead atoms. The standard InChI is InChI=1S/C21H25F3N2O4S/c1-14(2)11-19(26-31(28,29)18-9-7-17(30-3)8-10-18)20(27)25-13-15-5-4-6-16(12-15)21(22,23)24/h4-10,12,14,19,26H,11,13H2,1-3H3,(H,25,27). The third kappa shape index (κ3) is 7.25. The summed E-state index contributed by atoms with van der Waals surface area (Å²) in [6.07, 6.45) is -4.28. The van der Waals surface area contributed by atoms with Gasteiger partial charge in [0.25, 0.3) is 0 Å². The van der Waals surface area contributed by atoms with Crippen molar-refractivity contribution in [1.82, 2.24) is 10.0 Å². The molecule has 2 rings (SSSR count). The molecule has 2 N–H and O–H groups in total. The zero-order chi connectivity index (χ0) is 23.2. The molecule has 1 atom stereocenters. The van der Waals surface area contributed by atoms with E-state index >= 15 is 0 Å². The van der Waals surface area contributed by atoms with Gasteiger partial charge in [-0.3, -0.25) is 4.79 Å². The molecular formula is C21H25F3N2O4S. The number of methoxy groups -OCH3 is 1. The number of hydrogen-bond donors (Lipinski definition) is 2. The van der Waals surface area contributed by atoms with Crippen LogP contribution in [0.2, 0.25) is 0 Å². The number of ether oxygens (including phenoxy) is 1. The maximum Gasteiger partial charge on any atom is 0.416 e. The highest BCUT2D eigenvalue weighted by molar-refractivity contribution is 7.89. The van der Waals surface area contributed by atoms with Crippen molar-refractivity contribution in [3.05, 3.63) is 59.7 Å². The minimum Gasteiger partial charge on any atom is -0.497 e. The zero-order valence-electron chi connectivity index (χ0n) is 17.4. The summed E-state index contributed by atoms with van der Waals surface area (Å²) >= 11 is 0. The normalized spacial score (nSPS) is 13.1. The number of amides is 1. The van der Waals surface area contributed by atoms with Crippen LogP contribution in [0.25, 0.3) is 0 Å².